The third-order valence-corrected chi connectivity index (χ3v) is 5.59. The van der Waals surface area contributed by atoms with E-state index >= 15 is 0 Å². The Bertz CT molecular complexity index is 854. The van der Waals surface area contributed by atoms with Crippen molar-refractivity contribution in [3.8, 4) is 5.82 Å². The Kier molecular flexibility index (Phi) is 3.48. The van der Waals surface area contributed by atoms with Gasteiger partial charge in [0.2, 0.25) is 0 Å². The van der Waals surface area contributed by atoms with Gasteiger partial charge < -0.3 is 0 Å². The summed E-state index contributed by atoms with van der Waals surface area (Å²) in [5.41, 5.74) is 0.382. The molecule has 0 fully saturated rings. The molecule has 1 N–H and O–H groups in total. The van der Waals surface area contributed by atoms with Gasteiger partial charge in [-0.25, -0.2) is 18.1 Å². The second kappa shape index (κ2) is 5.30. The highest BCUT2D eigenvalue weighted by atomic mass is 32.2. The number of hydrogen-bond donors (Lipinski definition) is 1. The molecule has 0 aromatic carbocycles. The molecule has 3 heterocycles. The summed E-state index contributed by atoms with van der Waals surface area (Å²) in [5.74, 6) is 0.430. The van der Waals surface area contributed by atoms with Crippen LogP contribution in [0.5, 0.6) is 0 Å². The van der Waals surface area contributed by atoms with Gasteiger partial charge >= 0.3 is 0 Å². The van der Waals surface area contributed by atoms with Crippen molar-refractivity contribution < 1.29 is 8.42 Å². The second-order valence-corrected chi connectivity index (χ2v) is 7.49. The molecule has 21 heavy (non-hydrogen) atoms. The van der Waals surface area contributed by atoms with Crippen molar-refractivity contribution in [2.24, 2.45) is 0 Å². The summed E-state index contributed by atoms with van der Waals surface area (Å²) in [6, 6.07) is 8.44. The maximum atomic E-state index is 12.4. The quantitative estimate of drug-likeness (QED) is 0.801. The van der Waals surface area contributed by atoms with Gasteiger partial charge in [-0.15, -0.1) is 11.3 Å². The Labute approximate surface area is 126 Å². The fourth-order valence-electron chi connectivity index (χ4n) is 1.80. The van der Waals surface area contributed by atoms with Gasteiger partial charge in [-0.05, 0) is 37.3 Å². The van der Waals surface area contributed by atoms with E-state index in [-0.39, 0.29) is 4.21 Å². The monoisotopic (exact) mass is 320 g/mol. The van der Waals surface area contributed by atoms with E-state index in [1.807, 2.05) is 6.92 Å². The number of aromatic nitrogens is 3. The second-order valence-electron chi connectivity index (χ2n) is 4.30. The summed E-state index contributed by atoms with van der Waals surface area (Å²) in [7, 11) is -3.62. The Morgan fingerprint density at radius 2 is 2.05 bits per heavy atom. The first-order chi connectivity index (χ1) is 10.1. The molecule has 0 aliphatic rings. The molecule has 0 saturated carbocycles. The molecule has 108 valence electrons. The van der Waals surface area contributed by atoms with Crippen molar-refractivity contribution in [1.82, 2.24) is 14.8 Å². The number of thiophene rings is 1. The number of aryl methyl sites for hydroxylation is 1. The summed E-state index contributed by atoms with van der Waals surface area (Å²) < 4.78 is 29.1. The summed E-state index contributed by atoms with van der Waals surface area (Å²) >= 11 is 1.22. The predicted molar refractivity (Wildman–Crippen MR) is 81.2 cm³/mol. The number of pyridine rings is 1. The third kappa shape index (κ3) is 2.81. The average molecular weight is 320 g/mol. The molecule has 0 unspecified atom stereocenters. The Morgan fingerprint density at radius 3 is 2.71 bits per heavy atom. The molecule has 6 nitrogen and oxygen atoms in total. The molecule has 3 rings (SSSR count). The van der Waals surface area contributed by atoms with E-state index in [1.165, 1.54) is 16.0 Å². The summed E-state index contributed by atoms with van der Waals surface area (Å²) in [6.45, 7) is 1.86. The molecule has 3 aromatic heterocycles. The van der Waals surface area contributed by atoms with Gasteiger partial charge in [0, 0.05) is 23.5 Å². The standard InChI is InChI=1S/C13H12N4O2S2/c1-10-5-6-12(20-10)21(18,19)16-11-4-2-7-14-13(11)17-9-3-8-15-17/h2-9,16H,1H3. The van der Waals surface area contributed by atoms with Crippen LogP contribution in [0.2, 0.25) is 0 Å². The van der Waals surface area contributed by atoms with E-state index in [0.29, 0.717) is 11.5 Å². The molecular weight excluding hydrogens is 308 g/mol. The van der Waals surface area contributed by atoms with Gasteiger partial charge in [-0.1, -0.05) is 0 Å². The first-order valence-electron chi connectivity index (χ1n) is 6.10. The van der Waals surface area contributed by atoms with Crippen LogP contribution in [0.3, 0.4) is 0 Å². The third-order valence-electron chi connectivity index (χ3n) is 2.73. The van der Waals surface area contributed by atoms with Gasteiger partial charge in [0.25, 0.3) is 10.0 Å². The summed E-state index contributed by atoms with van der Waals surface area (Å²) in [4.78, 5) is 5.12. The van der Waals surface area contributed by atoms with E-state index in [0.717, 1.165) is 4.88 Å². The lowest BCUT2D eigenvalue weighted by molar-refractivity contribution is 0.603. The van der Waals surface area contributed by atoms with Crippen molar-refractivity contribution in [3.05, 3.63) is 53.8 Å². The van der Waals surface area contributed by atoms with Gasteiger partial charge in [-0.2, -0.15) is 5.10 Å². The molecule has 0 aliphatic heterocycles. The maximum Gasteiger partial charge on any atom is 0.271 e. The molecule has 0 bridgehead atoms. The van der Waals surface area contributed by atoms with Gasteiger partial charge in [0.15, 0.2) is 5.82 Å². The fraction of sp³-hybridized carbons (Fsp3) is 0.0769. The van der Waals surface area contributed by atoms with Crippen molar-refractivity contribution in [1.29, 1.82) is 0 Å². The summed E-state index contributed by atoms with van der Waals surface area (Å²) in [5, 5.41) is 4.08. The van der Waals surface area contributed by atoms with Gasteiger partial charge in [0.1, 0.15) is 4.21 Å². The van der Waals surface area contributed by atoms with Crippen LogP contribution in [-0.4, -0.2) is 23.2 Å². The number of nitrogens with one attached hydrogen (secondary N) is 1. The molecule has 0 atom stereocenters. The molecular formula is C13H12N4O2S2. The van der Waals surface area contributed by atoms with Crippen LogP contribution in [0.4, 0.5) is 5.69 Å². The molecule has 0 radical (unpaired) electrons. The maximum absolute atomic E-state index is 12.4. The van der Waals surface area contributed by atoms with Crippen molar-refractivity contribution in [3.63, 3.8) is 0 Å². The zero-order chi connectivity index (χ0) is 14.9. The highest BCUT2D eigenvalue weighted by Crippen LogP contribution is 2.25. The van der Waals surface area contributed by atoms with E-state index < -0.39 is 10.0 Å². The normalized spacial score (nSPS) is 11.5. The minimum Gasteiger partial charge on any atom is -0.275 e. The molecule has 0 amide bonds. The van der Waals surface area contributed by atoms with E-state index in [9.17, 15) is 8.42 Å². The van der Waals surface area contributed by atoms with Crippen molar-refractivity contribution in [2.45, 2.75) is 11.1 Å². The van der Waals surface area contributed by atoms with Crippen LogP contribution in [0.1, 0.15) is 4.88 Å². The largest absolute Gasteiger partial charge is 0.275 e. The molecule has 0 aliphatic carbocycles. The van der Waals surface area contributed by atoms with Crippen LogP contribution in [0.25, 0.3) is 5.82 Å². The SMILES string of the molecule is Cc1ccc(S(=O)(=O)Nc2cccnc2-n2cccn2)s1. The molecule has 3 aromatic rings. The zero-order valence-corrected chi connectivity index (χ0v) is 12.7. The minimum atomic E-state index is -3.62. The topological polar surface area (TPSA) is 76.9 Å². The lowest BCUT2D eigenvalue weighted by atomic mass is 10.4. The first kappa shape index (κ1) is 13.8. The van der Waals surface area contributed by atoms with E-state index in [4.69, 9.17) is 0 Å². The van der Waals surface area contributed by atoms with Crippen molar-refractivity contribution >= 4 is 27.0 Å². The van der Waals surface area contributed by atoms with Crippen LogP contribution < -0.4 is 4.72 Å². The Hall–Kier alpha value is -2.19. The summed E-state index contributed by atoms with van der Waals surface area (Å²) in [6.07, 6.45) is 4.90. The number of nitrogens with zero attached hydrogens (tertiary/aromatic N) is 3. The Balaban J connectivity index is 1.99. The average Bonchev–Trinajstić information content (AvgIpc) is 3.10. The van der Waals surface area contributed by atoms with Crippen LogP contribution in [0, 0.1) is 6.92 Å². The number of sulfonamides is 1. The Morgan fingerprint density at radius 1 is 1.19 bits per heavy atom. The van der Waals surface area contributed by atoms with Crippen LogP contribution in [0.15, 0.2) is 53.1 Å². The number of rotatable bonds is 4. The number of anilines is 1. The van der Waals surface area contributed by atoms with E-state index in [1.54, 1.807) is 48.9 Å². The lowest BCUT2D eigenvalue weighted by Crippen LogP contribution is -2.14. The van der Waals surface area contributed by atoms with Crippen LogP contribution in [-0.2, 0) is 10.0 Å². The minimum absolute atomic E-state index is 0.273. The highest BCUT2D eigenvalue weighted by molar-refractivity contribution is 7.94. The zero-order valence-electron chi connectivity index (χ0n) is 11.1. The lowest BCUT2D eigenvalue weighted by Gasteiger charge is -2.10. The molecule has 0 spiro atoms. The predicted octanol–water partition coefficient (Wildman–Crippen LogP) is 2.44. The smallest absolute Gasteiger partial charge is 0.271 e. The number of hydrogen-bond acceptors (Lipinski definition) is 5. The van der Waals surface area contributed by atoms with Crippen LogP contribution >= 0.6 is 11.3 Å². The first-order valence-corrected chi connectivity index (χ1v) is 8.40. The van der Waals surface area contributed by atoms with Gasteiger partial charge in [0.05, 0.1) is 5.69 Å². The molecule has 0 saturated heterocycles. The van der Waals surface area contributed by atoms with Gasteiger partial charge in [-0.3, -0.25) is 4.72 Å². The highest BCUT2D eigenvalue weighted by Gasteiger charge is 2.18. The van der Waals surface area contributed by atoms with Crippen molar-refractivity contribution in [2.75, 3.05) is 4.72 Å². The fourth-order valence-corrected chi connectivity index (χ4v) is 4.15. The van der Waals surface area contributed by atoms with E-state index in [2.05, 4.69) is 14.8 Å². The molecule has 8 heteroatoms.